The molecule has 0 radical (unpaired) electrons. The van der Waals surface area contributed by atoms with Gasteiger partial charge in [-0.1, -0.05) is 19.1 Å². The number of carbonyl (C=O) groups is 1. The van der Waals surface area contributed by atoms with Gasteiger partial charge in [-0.15, -0.1) is 0 Å². The molecule has 0 aliphatic carbocycles. The van der Waals surface area contributed by atoms with E-state index in [2.05, 4.69) is 5.32 Å². The standard InChI is InChI=1S/C13H18FNO3/c1-4-15-13(3,12(16)17)8-18-10-7-5-6-9(2)11(10)14/h5-7,15H,4,8H2,1-3H3,(H,16,17). The second kappa shape index (κ2) is 5.82. The van der Waals surface area contributed by atoms with Crippen LogP contribution in [0.25, 0.3) is 0 Å². The second-order valence-corrected chi connectivity index (χ2v) is 4.34. The molecule has 0 spiro atoms. The van der Waals surface area contributed by atoms with Gasteiger partial charge in [-0.3, -0.25) is 10.1 Å². The number of halogens is 1. The van der Waals surface area contributed by atoms with E-state index in [4.69, 9.17) is 9.84 Å². The van der Waals surface area contributed by atoms with E-state index in [1.54, 1.807) is 26.0 Å². The number of aryl methyl sites for hydroxylation is 1. The number of carboxylic acids is 1. The quantitative estimate of drug-likeness (QED) is 0.816. The van der Waals surface area contributed by atoms with Crippen molar-refractivity contribution in [2.24, 2.45) is 0 Å². The third kappa shape index (κ3) is 3.20. The minimum Gasteiger partial charge on any atom is -0.488 e. The highest BCUT2D eigenvalue weighted by Gasteiger charge is 2.33. The van der Waals surface area contributed by atoms with Crippen molar-refractivity contribution in [2.75, 3.05) is 13.2 Å². The number of hydrogen-bond donors (Lipinski definition) is 2. The summed E-state index contributed by atoms with van der Waals surface area (Å²) in [5.74, 6) is -1.42. The van der Waals surface area contributed by atoms with E-state index in [1.165, 1.54) is 13.0 Å². The van der Waals surface area contributed by atoms with E-state index in [0.717, 1.165) is 0 Å². The lowest BCUT2D eigenvalue weighted by Crippen LogP contribution is -2.53. The minimum atomic E-state index is -1.23. The van der Waals surface area contributed by atoms with Crippen molar-refractivity contribution in [1.29, 1.82) is 0 Å². The molecule has 0 aromatic heterocycles. The monoisotopic (exact) mass is 255 g/mol. The Hall–Kier alpha value is -1.62. The van der Waals surface area contributed by atoms with E-state index in [9.17, 15) is 9.18 Å². The van der Waals surface area contributed by atoms with Crippen LogP contribution in [0.15, 0.2) is 18.2 Å². The molecular weight excluding hydrogens is 237 g/mol. The summed E-state index contributed by atoms with van der Waals surface area (Å²) in [4.78, 5) is 11.1. The summed E-state index contributed by atoms with van der Waals surface area (Å²) in [6, 6.07) is 4.78. The van der Waals surface area contributed by atoms with Gasteiger partial charge in [0.15, 0.2) is 11.6 Å². The molecule has 1 aromatic carbocycles. The van der Waals surface area contributed by atoms with Gasteiger partial charge < -0.3 is 9.84 Å². The first-order chi connectivity index (χ1) is 8.40. The fraction of sp³-hybridized carbons (Fsp3) is 0.462. The number of nitrogens with one attached hydrogen (secondary N) is 1. The van der Waals surface area contributed by atoms with Crippen LogP contribution in [0.1, 0.15) is 19.4 Å². The first-order valence-electron chi connectivity index (χ1n) is 5.77. The van der Waals surface area contributed by atoms with Crippen LogP contribution in [0, 0.1) is 12.7 Å². The summed E-state index contributed by atoms with van der Waals surface area (Å²) >= 11 is 0. The molecule has 18 heavy (non-hydrogen) atoms. The van der Waals surface area contributed by atoms with Crippen molar-refractivity contribution in [3.05, 3.63) is 29.6 Å². The van der Waals surface area contributed by atoms with Gasteiger partial charge in [0.25, 0.3) is 0 Å². The van der Waals surface area contributed by atoms with Gasteiger partial charge in [0, 0.05) is 0 Å². The van der Waals surface area contributed by atoms with Crippen LogP contribution in [0.3, 0.4) is 0 Å². The van der Waals surface area contributed by atoms with Crippen LogP contribution >= 0.6 is 0 Å². The average Bonchev–Trinajstić information content (AvgIpc) is 2.31. The van der Waals surface area contributed by atoms with Crippen molar-refractivity contribution in [3.63, 3.8) is 0 Å². The molecule has 0 amide bonds. The van der Waals surface area contributed by atoms with Crippen LogP contribution in [0.4, 0.5) is 4.39 Å². The maximum absolute atomic E-state index is 13.7. The summed E-state index contributed by atoms with van der Waals surface area (Å²) in [6.45, 7) is 5.28. The molecule has 5 heteroatoms. The SMILES string of the molecule is CCNC(C)(COc1cccc(C)c1F)C(=O)O. The predicted molar refractivity (Wildman–Crippen MR) is 66.3 cm³/mol. The lowest BCUT2D eigenvalue weighted by molar-refractivity contribution is -0.145. The number of carboxylic acid groups (broad SMARTS) is 1. The molecular formula is C13H18FNO3. The number of benzene rings is 1. The van der Waals surface area contributed by atoms with Crippen molar-refractivity contribution in [1.82, 2.24) is 5.32 Å². The van der Waals surface area contributed by atoms with E-state index in [1.807, 2.05) is 0 Å². The van der Waals surface area contributed by atoms with Gasteiger partial charge >= 0.3 is 5.97 Å². The molecule has 0 aliphatic heterocycles. The fourth-order valence-corrected chi connectivity index (χ4v) is 1.53. The molecule has 0 fully saturated rings. The molecule has 0 saturated heterocycles. The van der Waals surface area contributed by atoms with Gasteiger partial charge in [0.2, 0.25) is 0 Å². The van der Waals surface area contributed by atoms with Crippen LogP contribution in [0.2, 0.25) is 0 Å². The Morgan fingerprint density at radius 1 is 1.56 bits per heavy atom. The molecule has 1 aromatic rings. The topological polar surface area (TPSA) is 58.6 Å². The van der Waals surface area contributed by atoms with Gasteiger partial charge in [0.05, 0.1) is 0 Å². The van der Waals surface area contributed by atoms with Crippen LogP contribution in [-0.2, 0) is 4.79 Å². The summed E-state index contributed by atoms with van der Waals surface area (Å²) in [6.07, 6.45) is 0. The predicted octanol–water partition coefficient (Wildman–Crippen LogP) is 1.97. The zero-order valence-electron chi connectivity index (χ0n) is 10.8. The molecule has 1 rings (SSSR count). The molecule has 100 valence electrons. The van der Waals surface area contributed by atoms with E-state index in [0.29, 0.717) is 12.1 Å². The van der Waals surface area contributed by atoms with Crippen LogP contribution < -0.4 is 10.1 Å². The largest absolute Gasteiger partial charge is 0.488 e. The summed E-state index contributed by atoms with van der Waals surface area (Å²) < 4.78 is 18.9. The van der Waals surface area contributed by atoms with E-state index >= 15 is 0 Å². The number of likely N-dealkylation sites (N-methyl/N-ethyl adjacent to an activating group) is 1. The molecule has 1 unspecified atom stereocenters. The Morgan fingerprint density at radius 3 is 2.78 bits per heavy atom. The number of hydrogen-bond acceptors (Lipinski definition) is 3. The molecule has 0 aliphatic rings. The molecule has 0 heterocycles. The Morgan fingerprint density at radius 2 is 2.22 bits per heavy atom. The number of rotatable bonds is 6. The first kappa shape index (κ1) is 14.4. The Labute approximate surface area is 106 Å². The molecule has 2 N–H and O–H groups in total. The molecule has 1 atom stereocenters. The third-order valence-electron chi connectivity index (χ3n) is 2.71. The lowest BCUT2D eigenvalue weighted by Gasteiger charge is -2.25. The summed E-state index contributed by atoms with van der Waals surface area (Å²) in [7, 11) is 0. The van der Waals surface area contributed by atoms with Crippen LogP contribution in [0.5, 0.6) is 5.75 Å². The Balaban J connectivity index is 2.79. The zero-order chi connectivity index (χ0) is 13.8. The highest BCUT2D eigenvalue weighted by molar-refractivity contribution is 5.78. The van der Waals surface area contributed by atoms with Gasteiger partial charge in [-0.2, -0.15) is 0 Å². The van der Waals surface area contributed by atoms with Crippen LogP contribution in [-0.4, -0.2) is 29.8 Å². The smallest absolute Gasteiger partial charge is 0.327 e. The first-order valence-corrected chi connectivity index (χ1v) is 5.77. The van der Waals surface area contributed by atoms with Gasteiger partial charge in [0.1, 0.15) is 12.1 Å². The van der Waals surface area contributed by atoms with Gasteiger partial charge in [-0.25, -0.2) is 4.39 Å². The maximum Gasteiger partial charge on any atom is 0.327 e. The highest BCUT2D eigenvalue weighted by atomic mass is 19.1. The molecule has 4 nitrogen and oxygen atoms in total. The van der Waals surface area contributed by atoms with Gasteiger partial charge in [-0.05, 0) is 32.0 Å². The van der Waals surface area contributed by atoms with Crippen molar-refractivity contribution < 1.29 is 19.0 Å². The highest BCUT2D eigenvalue weighted by Crippen LogP contribution is 2.20. The molecule has 0 bridgehead atoms. The maximum atomic E-state index is 13.7. The summed E-state index contributed by atoms with van der Waals surface area (Å²) in [5, 5.41) is 11.9. The van der Waals surface area contributed by atoms with Crippen molar-refractivity contribution in [2.45, 2.75) is 26.3 Å². The normalized spacial score (nSPS) is 14.0. The minimum absolute atomic E-state index is 0.0698. The second-order valence-electron chi connectivity index (χ2n) is 4.34. The Bertz CT molecular complexity index is 436. The lowest BCUT2D eigenvalue weighted by atomic mass is 10.0. The number of ether oxygens (including phenoxy) is 1. The fourth-order valence-electron chi connectivity index (χ4n) is 1.53. The zero-order valence-corrected chi connectivity index (χ0v) is 10.8. The third-order valence-corrected chi connectivity index (χ3v) is 2.71. The van der Waals surface area contributed by atoms with E-state index < -0.39 is 17.3 Å². The number of aliphatic carboxylic acids is 1. The molecule has 0 saturated carbocycles. The van der Waals surface area contributed by atoms with Crippen molar-refractivity contribution in [3.8, 4) is 5.75 Å². The van der Waals surface area contributed by atoms with Crippen molar-refractivity contribution >= 4 is 5.97 Å². The summed E-state index contributed by atoms with van der Waals surface area (Å²) in [5.41, 5.74) is -0.765. The average molecular weight is 255 g/mol. The van der Waals surface area contributed by atoms with E-state index in [-0.39, 0.29) is 12.4 Å². The Kier molecular flexibility index (Phi) is 4.67.